The number of hydrogen-bond acceptors (Lipinski definition) is 5. The summed E-state index contributed by atoms with van der Waals surface area (Å²) in [5.74, 6) is -0.213. The number of aromatic nitrogens is 1. The Bertz CT molecular complexity index is 967. The van der Waals surface area contributed by atoms with E-state index in [2.05, 4.69) is 10.3 Å². The first-order valence-electron chi connectivity index (χ1n) is 9.52. The van der Waals surface area contributed by atoms with Crippen molar-refractivity contribution in [1.29, 1.82) is 0 Å². The van der Waals surface area contributed by atoms with Gasteiger partial charge in [-0.25, -0.2) is 9.78 Å². The molecule has 0 aliphatic carbocycles. The number of oxazole rings is 1. The molecule has 0 radical (unpaired) electrons. The Morgan fingerprint density at radius 3 is 2.31 bits per heavy atom. The van der Waals surface area contributed by atoms with Gasteiger partial charge in [-0.2, -0.15) is 0 Å². The number of benzene rings is 2. The Labute approximate surface area is 169 Å². The molecular weight excluding hydrogens is 368 g/mol. The number of ether oxygens (including phenoxy) is 1. The highest BCUT2D eigenvalue weighted by Gasteiger charge is 2.24. The van der Waals surface area contributed by atoms with Crippen LogP contribution in [0.1, 0.15) is 41.6 Å². The van der Waals surface area contributed by atoms with Crippen LogP contribution in [0.5, 0.6) is 0 Å². The summed E-state index contributed by atoms with van der Waals surface area (Å²) in [7, 11) is 0. The molecule has 1 aromatic heterocycles. The molecule has 29 heavy (non-hydrogen) atoms. The fourth-order valence-corrected chi connectivity index (χ4v) is 2.86. The standard InChI is InChI=1S/C23H24N2O4/c1-15(18-10-6-4-7-11-18)14-24-21(26)17(3)29-23(27)20-16(2)28-22(25-20)19-12-8-5-9-13-19/h4-13,15,17H,14H2,1-3H3,(H,24,26)/t15-,17-/m0/s1. The number of carbonyl (C=O) groups is 2. The predicted molar refractivity (Wildman–Crippen MR) is 109 cm³/mol. The van der Waals surface area contributed by atoms with Crippen LogP contribution >= 0.6 is 0 Å². The second-order valence-electron chi connectivity index (χ2n) is 6.89. The van der Waals surface area contributed by atoms with E-state index < -0.39 is 12.1 Å². The maximum Gasteiger partial charge on any atom is 0.361 e. The van der Waals surface area contributed by atoms with Crippen LogP contribution in [0.3, 0.4) is 0 Å². The summed E-state index contributed by atoms with van der Waals surface area (Å²) >= 11 is 0. The second kappa shape index (κ2) is 9.19. The lowest BCUT2D eigenvalue weighted by Gasteiger charge is -2.16. The van der Waals surface area contributed by atoms with Crippen molar-refractivity contribution in [2.24, 2.45) is 0 Å². The molecule has 0 bridgehead atoms. The normalized spacial score (nSPS) is 12.8. The monoisotopic (exact) mass is 392 g/mol. The topological polar surface area (TPSA) is 81.4 Å². The van der Waals surface area contributed by atoms with Gasteiger partial charge in [0.1, 0.15) is 5.76 Å². The highest BCUT2D eigenvalue weighted by atomic mass is 16.5. The van der Waals surface area contributed by atoms with Gasteiger partial charge in [-0.15, -0.1) is 0 Å². The van der Waals surface area contributed by atoms with E-state index in [0.717, 1.165) is 11.1 Å². The fraction of sp³-hybridized carbons (Fsp3) is 0.261. The molecular formula is C23H24N2O4. The van der Waals surface area contributed by atoms with E-state index in [-0.39, 0.29) is 17.5 Å². The Balaban J connectivity index is 1.57. The van der Waals surface area contributed by atoms with Gasteiger partial charge in [-0.05, 0) is 37.5 Å². The zero-order valence-corrected chi connectivity index (χ0v) is 16.7. The van der Waals surface area contributed by atoms with Gasteiger partial charge in [0, 0.05) is 12.1 Å². The maximum atomic E-state index is 12.5. The number of nitrogens with one attached hydrogen (secondary N) is 1. The van der Waals surface area contributed by atoms with Gasteiger partial charge >= 0.3 is 5.97 Å². The minimum Gasteiger partial charge on any atom is -0.448 e. The summed E-state index contributed by atoms with van der Waals surface area (Å²) in [6.07, 6.45) is -0.943. The van der Waals surface area contributed by atoms with Gasteiger partial charge in [-0.3, -0.25) is 4.79 Å². The summed E-state index contributed by atoms with van der Waals surface area (Å²) in [5.41, 5.74) is 1.96. The van der Waals surface area contributed by atoms with Crippen molar-refractivity contribution in [2.45, 2.75) is 32.8 Å². The smallest absolute Gasteiger partial charge is 0.361 e. The molecule has 6 heteroatoms. The molecule has 6 nitrogen and oxygen atoms in total. The molecule has 150 valence electrons. The Morgan fingerprint density at radius 2 is 1.66 bits per heavy atom. The van der Waals surface area contributed by atoms with Crippen LogP contribution in [0, 0.1) is 6.92 Å². The van der Waals surface area contributed by atoms with Crippen LogP contribution < -0.4 is 5.32 Å². The third-order valence-corrected chi connectivity index (χ3v) is 4.61. The molecule has 2 aromatic carbocycles. The Hall–Kier alpha value is -3.41. The van der Waals surface area contributed by atoms with Crippen LogP contribution in [-0.4, -0.2) is 29.5 Å². The van der Waals surface area contributed by atoms with Gasteiger partial charge in [0.25, 0.3) is 5.91 Å². The van der Waals surface area contributed by atoms with Crippen molar-refractivity contribution < 1.29 is 18.7 Å². The number of hydrogen-bond donors (Lipinski definition) is 1. The maximum absolute atomic E-state index is 12.5. The lowest BCUT2D eigenvalue weighted by molar-refractivity contribution is -0.129. The summed E-state index contributed by atoms with van der Waals surface area (Å²) in [6, 6.07) is 19.2. The molecule has 0 saturated heterocycles. The molecule has 0 aliphatic heterocycles. The molecule has 0 aliphatic rings. The molecule has 2 atom stereocenters. The SMILES string of the molecule is Cc1oc(-c2ccccc2)nc1C(=O)O[C@@H](C)C(=O)NC[C@H](C)c1ccccc1. The van der Waals surface area contributed by atoms with Crippen molar-refractivity contribution in [3.05, 3.63) is 77.7 Å². The highest BCUT2D eigenvalue weighted by Crippen LogP contribution is 2.22. The average molecular weight is 392 g/mol. The Morgan fingerprint density at radius 1 is 1.03 bits per heavy atom. The third kappa shape index (κ3) is 5.10. The van der Waals surface area contributed by atoms with Crippen molar-refractivity contribution in [3.63, 3.8) is 0 Å². The largest absolute Gasteiger partial charge is 0.448 e. The number of esters is 1. The van der Waals surface area contributed by atoms with Gasteiger partial charge in [-0.1, -0.05) is 55.5 Å². The van der Waals surface area contributed by atoms with E-state index in [1.54, 1.807) is 6.92 Å². The number of aryl methyl sites for hydroxylation is 1. The molecule has 0 saturated carbocycles. The lowest BCUT2D eigenvalue weighted by atomic mass is 10.0. The van der Waals surface area contributed by atoms with Crippen LogP contribution in [0.4, 0.5) is 0 Å². The summed E-state index contributed by atoms with van der Waals surface area (Å²) in [6.45, 7) is 5.65. The molecule has 1 amide bonds. The molecule has 0 unspecified atom stereocenters. The molecule has 3 aromatic rings. The molecule has 1 heterocycles. The van der Waals surface area contributed by atoms with E-state index in [4.69, 9.17) is 9.15 Å². The molecule has 3 rings (SSSR count). The first-order valence-corrected chi connectivity index (χ1v) is 9.52. The van der Waals surface area contributed by atoms with E-state index in [1.165, 1.54) is 6.92 Å². The highest BCUT2D eigenvalue weighted by molar-refractivity contribution is 5.91. The number of amides is 1. The van der Waals surface area contributed by atoms with Gasteiger partial charge in [0.2, 0.25) is 5.89 Å². The van der Waals surface area contributed by atoms with E-state index >= 15 is 0 Å². The van der Waals surface area contributed by atoms with Crippen molar-refractivity contribution in [2.75, 3.05) is 6.54 Å². The van der Waals surface area contributed by atoms with E-state index in [0.29, 0.717) is 18.2 Å². The van der Waals surface area contributed by atoms with E-state index in [1.807, 2.05) is 67.6 Å². The van der Waals surface area contributed by atoms with Gasteiger partial charge in [0.05, 0.1) is 0 Å². The first kappa shape index (κ1) is 20.3. The fourth-order valence-electron chi connectivity index (χ4n) is 2.86. The van der Waals surface area contributed by atoms with Crippen molar-refractivity contribution in [3.8, 4) is 11.5 Å². The second-order valence-corrected chi connectivity index (χ2v) is 6.89. The number of nitrogens with zero attached hydrogens (tertiary/aromatic N) is 1. The van der Waals surface area contributed by atoms with Crippen molar-refractivity contribution >= 4 is 11.9 Å². The average Bonchev–Trinajstić information content (AvgIpc) is 3.14. The number of carbonyl (C=O) groups excluding carboxylic acids is 2. The zero-order chi connectivity index (χ0) is 20.8. The molecule has 0 spiro atoms. The van der Waals surface area contributed by atoms with Crippen LogP contribution in [-0.2, 0) is 9.53 Å². The van der Waals surface area contributed by atoms with E-state index in [9.17, 15) is 9.59 Å². The predicted octanol–water partition coefficient (Wildman–Crippen LogP) is 4.12. The summed E-state index contributed by atoms with van der Waals surface area (Å²) in [4.78, 5) is 29.0. The minimum absolute atomic E-state index is 0.0705. The van der Waals surface area contributed by atoms with Crippen LogP contribution in [0.15, 0.2) is 65.1 Å². The minimum atomic E-state index is -0.943. The van der Waals surface area contributed by atoms with Crippen molar-refractivity contribution in [1.82, 2.24) is 10.3 Å². The lowest BCUT2D eigenvalue weighted by Crippen LogP contribution is -2.37. The first-order chi connectivity index (χ1) is 14.0. The van der Waals surface area contributed by atoms with Gasteiger partial charge < -0.3 is 14.5 Å². The Kier molecular flexibility index (Phi) is 6.44. The molecule has 1 N–H and O–H groups in total. The molecule has 0 fully saturated rings. The van der Waals surface area contributed by atoms with Crippen LogP contribution in [0.25, 0.3) is 11.5 Å². The summed E-state index contributed by atoms with van der Waals surface area (Å²) in [5, 5.41) is 2.82. The van der Waals surface area contributed by atoms with Gasteiger partial charge in [0.15, 0.2) is 11.8 Å². The third-order valence-electron chi connectivity index (χ3n) is 4.61. The number of rotatable bonds is 7. The summed E-state index contributed by atoms with van der Waals surface area (Å²) < 4.78 is 10.9. The quantitative estimate of drug-likeness (QED) is 0.612. The zero-order valence-electron chi connectivity index (χ0n) is 16.7. The van der Waals surface area contributed by atoms with Crippen LogP contribution in [0.2, 0.25) is 0 Å².